The van der Waals surface area contributed by atoms with Gasteiger partial charge < -0.3 is 9.88 Å². The Kier molecular flexibility index (Phi) is 4.09. The van der Waals surface area contributed by atoms with Gasteiger partial charge in [0.25, 0.3) is 5.91 Å². The standard InChI is InChI=1S/C18H20N2O2/c1-13-16(9-10-19-13)18(22)20-11-5-8-15(20)12-17(21)14-6-3-2-4-7-14/h2-4,6-7,9-10,15,19H,5,8,11-12H2,1H3/t15-/m1/s1. The molecule has 0 radical (unpaired) electrons. The monoisotopic (exact) mass is 296 g/mol. The number of carbonyl (C=O) groups is 2. The van der Waals surface area contributed by atoms with Gasteiger partial charge in [-0.1, -0.05) is 30.3 Å². The molecule has 0 aliphatic carbocycles. The second kappa shape index (κ2) is 6.18. The smallest absolute Gasteiger partial charge is 0.255 e. The van der Waals surface area contributed by atoms with Gasteiger partial charge in [0.05, 0.1) is 5.56 Å². The first-order valence-electron chi connectivity index (χ1n) is 7.70. The maximum Gasteiger partial charge on any atom is 0.255 e. The molecule has 1 aromatic carbocycles. The molecule has 1 aliphatic heterocycles. The number of Topliss-reactive ketones (excluding diaryl/α,β-unsaturated/α-hetero) is 1. The van der Waals surface area contributed by atoms with Crippen LogP contribution in [-0.2, 0) is 0 Å². The van der Waals surface area contributed by atoms with Crippen LogP contribution < -0.4 is 0 Å². The topological polar surface area (TPSA) is 53.2 Å². The van der Waals surface area contributed by atoms with Crippen LogP contribution in [0, 0.1) is 6.92 Å². The number of rotatable bonds is 4. The van der Waals surface area contributed by atoms with E-state index >= 15 is 0 Å². The average Bonchev–Trinajstić information content (AvgIpc) is 3.16. The summed E-state index contributed by atoms with van der Waals surface area (Å²) in [7, 11) is 0. The van der Waals surface area contributed by atoms with Gasteiger partial charge in [0.1, 0.15) is 0 Å². The number of H-pyrrole nitrogens is 1. The number of carbonyl (C=O) groups excluding carboxylic acids is 2. The lowest BCUT2D eigenvalue weighted by molar-refractivity contribution is 0.0716. The highest BCUT2D eigenvalue weighted by molar-refractivity contribution is 5.98. The third kappa shape index (κ3) is 2.82. The number of aryl methyl sites for hydroxylation is 1. The van der Waals surface area contributed by atoms with Crippen molar-refractivity contribution >= 4 is 11.7 Å². The van der Waals surface area contributed by atoms with Gasteiger partial charge in [-0.15, -0.1) is 0 Å². The Morgan fingerprint density at radius 2 is 2.00 bits per heavy atom. The van der Waals surface area contributed by atoms with E-state index in [2.05, 4.69) is 4.98 Å². The molecule has 1 N–H and O–H groups in total. The number of aromatic nitrogens is 1. The third-order valence-corrected chi connectivity index (χ3v) is 4.34. The summed E-state index contributed by atoms with van der Waals surface area (Å²) < 4.78 is 0. The van der Waals surface area contributed by atoms with Gasteiger partial charge in [0.2, 0.25) is 0 Å². The van der Waals surface area contributed by atoms with Crippen LogP contribution in [0.5, 0.6) is 0 Å². The summed E-state index contributed by atoms with van der Waals surface area (Å²) in [5, 5.41) is 0. The van der Waals surface area contributed by atoms with Crippen LogP contribution in [0.25, 0.3) is 0 Å². The van der Waals surface area contributed by atoms with E-state index < -0.39 is 0 Å². The molecule has 4 heteroatoms. The SMILES string of the molecule is Cc1[nH]ccc1C(=O)N1CCC[C@@H]1CC(=O)c1ccccc1. The number of aromatic amines is 1. The summed E-state index contributed by atoms with van der Waals surface area (Å²) >= 11 is 0. The molecule has 1 fully saturated rings. The molecule has 1 atom stereocenters. The molecular weight excluding hydrogens is 276 g/mol. The Hall–Kier alpha value is -2.36. The van der Waals surface area contributed by atoms with Crippen LogP contribution in [0.2, 0.25) is 0 Å². The largest absolute Gasteiger partial charge is 0.365 e. The van der Waals surface area contributed by atoms with Crippen LogP contribution >= 0.6 is 0 Å². The zero-order valence-electron chi connectivity index (χ0n) is 12.7. The molecule has 22 heavy (non-hydrogen) atoms. The number of hydrogen-bond donors (Lipinski definition) is 1. The molecule has 1 saturated heterocycles. The Balaban J connectivity index is 1.72. The first-order chi connectivity index (χ1) is 10.7. The van der Waals surface area contributed by atoms with Gasteiger partial charge in [0.15, 0.2) is 5.78 Å². The number of nitrogens with one attached hydrogen (secondary N) is 1. The molecule has 1 aromatic heterocycles. The van der Waals surface area contributed by atoms with Gasteiger partial charge >= 0.3 is 0 Å². The quantitative estimate of drug-likeness (QED) is 0.881. The Morgan fingerprint density at radius 1 is 1.23 bits per heavy atom. The van der Waals surface area contributed by atoms with Gasteiger partial charge in [-0.25, -0.2) is 0 Å². The van der Waals surface area contributed by atoms with Crippen LogP contribution in [-0.4, -0.2) is 34.2 Å². The minimum absolute atomic E-state index is 0.00880. The predicted octanol–water partition coefficient (Wildman–Crippen LogP) is 3.20. The third-order valence-electron chi connectivity index (χ3n) is 4.34. The van der Waals surface area contributed by atoms with E-state index in [4.69, 9.17) is 0 Å². The lowest BCUT2D eigenvalue weighted by atomic mass is 10.0. The van der Waals surface area contributed by atoms with E-state index in [1.54, 1.807) is 6.20 Å². The summed E-state index contributed by atoms with van der Waals surface area (Å²) in [5.74, 6) is 0.137. The molecule has 4 nitrogen and oxygen atoms in total. The fraction of sp³-hybridized carbons (Fsp3) is 0.333. The van der Waals surface area contributed by atoms with Gasteiger partial charge in [0, 0.05) is 36.5 Å². The summed E-state index contributed by atoms with van der Waals surface area (Å²) in [5.41, 5.74) is 2.31. The molecule has 0 bridgehead atoms. The van der Waals surface area contributed by atoms with E-state index in [0.29, 0.717) is 12.0 Å². The van der Waals surface area contributed by atoms with Gasteiger partial charge in [-0.3, -0.25) is 9.59 Å². The van der Waals surface area contributed by atoms with E-state index in [-0.39, 0.29) is 17.7 Å². The van der Waals surface area contributed by atoms with Crippen molar-refractivity contribution in [1.82, 2.24) is 9.88 Å². The molecule has 2 heterocycles. The van der Waals surface area contributed by atoms with E-state index in [1.165, 1.54) is 0 Å². The van der Waals surface area contributed by atoms with Crippen LogP contribution in [0.4, 0.5) is 0 Å². The molecule has 0 spiro atoms. The Morgan fingerprint density at radius 3 is 2.68 bits per heavy atom. The minimum atomic E-state index is 0.00880. The van der Waals surface area contributed by atoms with Crippen molar-refractivity contribution in [2.24, 2.45) is 0 Å². The van der Waals surface area contributed by atoms with Crippen molar-refractivity contribution in [2.75, 3.05) is 6.54 Å². The molecule has 0 unspecified atom stereocenters. The van der Waals surface area contributed by atoms with Crippen LogP contribution in [0.3, 0.4) is 0 Å². The van der Waals surface area contributed by atoms with E-state index in [9.17, 15) is 9.59 Å². The number of likely N-dealkylation sites (tertiary alicyclic amines) is 1. The summed E-state index contributed by atoms with van der Waals surface area (Å²) in [6.07, 6.45) is 4.04. The highest BCUT2D eigenvalue weighted by Crippen LogP contribution is 2.24. The fourth-order valence-corrected chi connectivity index (χ4v) is 3.11. The molecular formula is C18H20N2O2. The van der Waals surface area contributed by atoms with Gasteiger partial charge in [-0.2, -0.15) is 0 Å². The summed E-state index contributed by atoms with van der Waals surface area (Å²) in [6.45, 7) is 2.63. The number of nitrogens with zero attached hydrogens (tertiary/aromatic N) is 1. The van der Waals surface area contributed by atoms with Crippen molar-refractivity contribution in [3.8, 4) is 0 Å². The Labute approximate surface area is 130 Å². The van der Waals surface area contributed by atoms with E-state index in [1.807, 2.05) is 48.2 Å². The number of hydrogen-bond acceptors (Lipinski definition) is 2. The fourth-order valence-electron chi connectivity index (χ4n) is 3.11. The van der Waals surface area contributed by atoms with E-state index in [0.717, 1.165) is 30.6 Å². The van der Waals surface area contributed by atoms with Crippen molar-refractivity contribution in [2.45, 2.75) is 32.2 Å². The first kappa shape index (κ1) is 14.6. The average molecular weight is 296 g/mol. The number of benzene rings is 1. The van der Waals surface area contributed by atoms with Crippen molar-refractivity contribution in [3.63, 3.8) is 0 Å². The van der Waals surface area contributed by atoms with Gasteiger partial charge in [-0.05, 0) is 25.8 Å². The van der Waals surface area contributed by atoms with Crippen LogP contribution in [0.15, 0.2) is 42.6 Å². The lowest BCUT2D eigenvalue weighted by Crippen LogP contribution is -2.37. The number of ketones is 1. The summed E-state index contributed by atoms with van der Waals surface area (Å²) in [4.78, 5) is 29.9. The molecule has 3 rings (SSSR count). The van der Waals surface area contributed by atoms with Crippen molar-refractivity contribution in [3.05, 3.63) is 59.4 Å². The maximum absolute atomic E-state index is 12.7. The molecule has 1 amide bonds. The maximum atomic E-state index is 12.7. The van der Waals surface area contributed by atoms with Crippen molar-refractivity contribution in [1.29, 1.82) is 0 Å². The molecule has 114 valence electrons. The molecule has 2 aromatic rings. The zero-order valence-corrected chi connectivity index (χ0v) is 12.7. The number of amides is 1. The normalized spacial score (nSPS) is 17.7. The predicted molar refractivity (Wildman–Crippen MR) is 85.0 cm³/mol. The van der Waals surface area contributed by atoms with Crippen LogP contribution in [0.1, 0.15) is 45.7 Å². The highest BCUT2D eigenvalue weighted by atomic mass is 16.2. The first-order valence-corrected chi connectivity index (χ1v) is 7.70. The molecule has 0 saturated carbocycles. The Bertz CT molecular complexity index is 675. The lowest BCUT2D eigenvalue weighted by Gasteiger charge is -2.24. The zero-order chi connectivity index (χ0) is 15.5. The minimum Gasteiger partial charge on any atom is -0.365 e. The highest BCUT2D eigenvalue weighted by Gasteiger charge is 2.31. The second-order valence-corrected chi connectivity index (χ2v) is 5.80. The van der Waals surface area contributed by atoms with Crippen molar-refractivity contribution < 1.29 is 9.59 Å². The molecule has 1 aliphatic rings. The summed E-state index contributed by atoms with van der Waals surface area (Å²) in [6, 6.07) is 11.1. The second-order valence-electron chi connectivity index (χ2n) is 5.80.